The molecule has 6 heteroatoms. The second-order valence-electron chi connectivity index (χ2n) is 5.30. The zero-order valence-corrected chi connectivity index (χ0v) is 13.7. The summed E-state index contributed by atoms with van der Waals surface area (Å²) in [6, 6.07) is 7.00. The SMILES string of the molecule is CCCNS(=O)(=O)c1ccccc1NCCCC(C)CN. The number of rotatable bonds is 10. The molecule has 0 heterocycles. The van der Waals surface area contributed by atoms with E-state index in [1.165, 1.54) is 0 Å². The Balaban J connectivity index is 2.67. The third-order valence-electron chi connectivity index (χ3n) is 3.31. The van der Waals surface area contributed by atoms with Gasteiger partial charge in [0.05, 0.1) is 5.69 Å². The van der Waals surface area contributed by atoms with Crippen molar-refractivity contribution in [2.24, 2.45) is 11.7 Å². The highest BCUT2D eigenvalue weighted by atomic mass is 32.2. The van der Waals surface area contributed by atoms with Gasteiger partial charge in [0, 0.05) is 13.1 Å². The summed E-state index contributed by atoms with van der Waals surface area (Å²) in [4.78, 5) is 0.310. The predicted octanol–water partition coefficient (Wildman–Crippen LogP) is 2.16. The molecule has 0 spiro atoms. The molecule has 0 aliphatic rings. The van der Waals surface area contributed by atoms with Crippen LogP contribution in [0.2, 0.25) is 0 Å². The van der Waals surface area contributed by atoms with E-state index in [1.807, 2.05) is 13.0 Å². The summed E-state index contributed by atoms with van der Waals surface area (Å²) in [5.41, 5.74) is 6.24. The van der Waals surface area contributed by atoms with Crippen molar-refractivity contribution >= 4 is 15.7 Å². The van der Waals surface area contributed by atoms with Crippen LogP contribution in [0.3, 0.4) is 0 Å². The molecule has 120 valence electrons. The van der Waals surface area contributed by atoms with Crippen molar-refractivity contribution in [1.82, 2.24) is 4.72 Å². The van der Waals surface area contributed by atoms with Crippen LogP contribution in [0.4, 0.5) is 5.69 Å². The Hall–Kier alpha value is -1.11. The highest BCUT2D eigenvalue weighted by molar-refractivity contribution is 7.89. The van der Waals surface area contributed by atoms with Gasteiger partial charge in [0.2, 0.25) is 10.0 Å². The number of nitrogens with one attached hydrogen (secondary N) is 2. The van der Waals surface area contributed by atoms with Gasteiger partial charge >= 0.3 is 0 Å². The average Bonchev–Trinajstić information content (AvgIpc) is 2.49. The van der Waals surface area contributed by atoms with Gasteiger partial charge in [-0.15, -0.1) is 0 Å². The van der Waals surface area contributed by atoms with Gasteiger partial charge in [-0.05, 0) is 43.9 Å². The fraction of sp³-hybridized carbons (Fsp3) is 0.600. The number of sulfonamides is 1. The van der Waals surface area contributed by atoms with Crippen LogP contribution < -0.4 is 15.8 Å². The molecule has 0 aliphatic carbocycles. The standard InChI is InChI=1S/C15H27N3O2S/c1-3-10-18-21(19,20)15-9-5-4-8-14(15)17-11-6-7-13(2)12-16/h4-5,8-9,13,17-18H,3,6-7,10-12,16H2,1-2H3. The summed E-state index contributed by atoms with van der Waals surface area (Å²) in [5, 5.41) is 3.22. The van der Waals surface area contributed by atoms with E-state index in [-0.39, 0.29) is 0 Å². The molecule has 0 saturated carbocycles. The molecule has 0 aliphatic heterocycles. The number of para-hydroxylation sites is 1. The summed E-state index contributed by atoms with van der Waals surface area (Å²) in [6.07, 6.45) is 2.77. The smallest absolute Gasteiger partial charge is 0.242 e. The Kier molecular flexibility index (Phi) is 7.71. The molecular formula is C15H27N3O2S. The maximum Gasteiger partial charge on any atom is 0.242 e. The predicted molar refractivity (Wildman–Crippen MR) is 87.9 cm³/mol. The first-order valence-corrected chi connectivity index (χ1v) is 9.02. The molecule has 0 bridgehead atoms. The van der Waals surface area contributed by atoms with Crippen LogP contribution in [0, 0.1) is 5.92 Å². The van der Waals surface area contributed by atoms with E-state index in [9.17, 15) is 8.42 Å². The lowest BCUT2D eigenvalue weighted by Crippen LogP contribution is -2.25. The number of nitrogens with two attached hydrogens (primary N) is 1. The lowest BCUT2D eigenvalue weighted by molar-refractivity contribution is 0.529. The molecule has 0 fully saturated rings. The number of hydrogen-bond acceptors (Lipinski definition) is 4. The molecule has 0 amide bonds. The van der Waals surface area contributed by atoms with Crippen molar-refractivity contribution in [1.29, 1.82) is 0 Å². The van der Waals surface area contributed by atoms with Gasteiger partial charge in [-0.3, -0.25) is 0 Å². The van der Waals surface area contributed by atoms with E-state index in [0.717, 1.165) is 25.8 Å². The molecule has 5 nitrogen and oxygen atoms in total. The quantitative estimate of drug-likeness (QED) is 0.578. The van der Waals surface area contributed by atoms with E-state index < -0.39 is 10.0 Å². The molecule has 0 saturated heterocycles. The zero-order valence-electron chi connectivity index (χ0n) is 12.9. The van der Waals surface area contributed by atoms with E-state index in [0.29, 0.717) is 29.6 Å². The first kappa shape index (κ1) is 17.9. The number of hydrogen-bond donors (Lipinski definition) is 3. The molecular weight excluding hydrogens is 286 g/mol. The van der Waals surface area contributed by atoms with Gasteiger partial charge in [-0.2, -0.15) is 0 Å². The fourth-order valence-electron chi connectivity index (χ4n) is 1.95. The minimum absolute atomic E-state index is 0.310. The second kappa shape index (κ2) is 9.02. The van der Waals surface area contributed by atoms with Gasteiger partial charge in [-0.25, -0.2) is 13.1 Å². The van der Waals surface area contributed by atoms with Crippen LogP contribution in [0.5, 0.6) is 0 Å². The van der Waals surface area contributed by atoms with Gasteiger partial charge in [-0.1, -0.05) is 26.0 Å². The minimum Gasteiger partial charge on any atom is -0.384 e. The molecule has 0 radical (unpaired) electrons. The average molecular weight is 313 g/mol. The lowest BCUT2D eigenvalue weighted by Gasteiger charge is -2.14. The van der Waals surface area contributed by atoms with Crippen molar-refractivity contribution in [3.8, 4) is 0 Å². The molecule has 21 heavy (non-hydrogen) atoms. The van der Waals surface area contributed by atoms with Gasteiger partial charge < -0.3 is 11.1 Å². The summed E-state index contributed by atoms with van der Waals surface area (Å²) < 4.78 is 27.1. The maximum absolute atomic E-state index is 12.2. The molecule has 1 aromatic rings. The molecule has 1 aromatic carbocycles. The van der Waals surface area contributed by atoms with Crippen molar-refractivity contribution < 1.29 is 8.42 Å². The van der Waals surface area contributed by atoms with Gasteiger partial charge in [0.25, 0.3) is 0 Å². The Labute approximate surface area is 128 Å². The first-order chi connectivity index (χ1) is 10.0. The highest BCUT2D eigenvalue weighted by Gasteiger charge is 2.16. The first-order valence-electron chi connectivity index (χ1n) is 7.54. The topological polar surface area (TPSA) is 84.2 Å². The van der Waals surface area contributed by atoms with Crippen LogP contribution in [-0.2, 0) is 10.0 Å². The van der Waals surface area contributed by atoms with Crippen molar-refractivity contribution in [3.63, 3.8) is 0 Å². The molecule has 1 unspecified atom stereocenters. The molecule has 0 aromatic heterocycles. The summed E-state index contributed by atoms with van der Waals surface area (Å²) in [6.45, 7) is 5.93. The molecule has 4 N–H and O–H groups in total. The van der Waals surface area contributed by atoms with Gasteiger partial charge in [0.15, 0.2) is 0 Å². The van der Waals surface area contributed by atoms with Crippen LogP contribution >= 0.6 is 0 Å². The second-order valence-corrected chi connectivity index (χ2v) is 7.04. The summed E-state index contributed by atoms with van der Waals surface area (Å²) in [5.74, 6) is 0.497. The van der Waals surface area contributed by atoms with Crippen molar-refractivity contribution in [2.45, 2.75) is 38.0 Å². The van der Waals surface area contributed by atoms with E-state index in [2.05, 4.69) is 17.0 Å². The van der Waals surface area contributed by atoms with E-state index in [1.54, 1.807) is 18.2 Å². The van der Waals surface area contributed by atoms with Crippen molar-refractivity contribution in [3.05, 3.63) is 24.3 Å². The Bertz CT molecular complexity index is 517. The number of anilines is 1. The Morgan fingerprint density at radius 3 is 2.62 bits per heavy atom. The molecule has 1 rings (SSSR count). The fourth-order valence-corrected chi connectivity index (χ4v) is 3.27. The Morgan fingerprint density at radius 2 is 1.95 bits per heavy atom. The van der Waals surface area contributed by atoms with E-state index in [4.69, 9.17) is 5.73 Å². The third-order valence-corrected chi connectivity index (χ3v) is 4.83. The minimum atomic E-state index is -3.44. The normalized spacial score (nSPS) is 13.1. The van der Waals surface area contributed by atoms with Crippen LogP contribution in [-0.4, -0.2) is 28.1 Å². The van der Waals surface area contributed by atoms with E-state index >= 15 is 0 Å². The largest absolute Gasteiger partial charge is 0.384 e. The van der Waals surface area contributed by atoms with Crippen molar-refractivity contribution in [2.75, 3.05) is 25.0 Å². The molecule has 1 atom stereocenters. The third kappa shape index (κ3) is 6.03. The zero-order chi connectivity index (χ0) is 15.7. The van der Waals surface area contributed by atoms with Crippen LogP contribution in [0.25, 0.3) is 0 Å². The summed E-state index contributed by atoms with van der Waals surface area (Å²) >= 11 is 0. The lowest BCUT2D eigenvalue weighted by atomic mass is 10.1. The summed E-state index contributed by atoms with van der Waals surface area (Å²) in [7, 11) is -3.44. The van der Waals surface area contributed by atoms with Gasteiger partial charge in [0.1, 0.15) is 4.90 Å². The van der Waals surface area contributed by atoms with Crippen LogP contribution in [0.15, 0.2) is 29.2 Å². The van der Waals surface area contributed by atoms with Crippen LogP contribution in [0.1, 0.15) is 33.1 Å². The Morgan fingerprint density at radius 1 is 1.24 bits per heavy atom. The monoisotopic (exact) mass is 313 g/mol. The highest BCUT2D eigenvalue weighted by Crippen LogP contribution is 2.20. The maximum atomic E-state index is 12.2. The number of benzene rings is 1.